The molecule has 1 saturated heterocycles. The first-order valence-electron chi connectivity index (χ1n) is 5.63. The number of hydrogen-bond acceptors (Lipinski definition) is 3. The Morgan fingerprint density at radius 2 is 2.33 bits per heavy atom. The highest BCUT2D eigenvalue weighted by Gasteiger charge is 2.43. The lowest BCUT2D eigenvalue weighted by atomic mass is 9.88. The molecule has 4 atom stereocenters. The van der Waals surface area contributed by atoms with Crippen LogP contribution in [0.3, 0.4) is 0 Å². The fraction of sp³-hybridized carbons (Fsp3) is 0.750. The summed E-state index contributed by atoms with van der Waals surface area (Å²) in [5.74, 6) is -0.450. The molecule has 3 nitrogen and oxygen atoms in total. The molecule has 0 aromatic heterocycles. The van der Waals surface area contributed by atoms with E-state index < -0.39 is 12.2 Å². The maximum atomic E-state index is 11.4. The molecule has 86 valence electrons. The number of cyclic esters (lactones) is 1. The van der Waals surface area contributed by atoms with Gasteiger partial charge in [-0.2, -0.15) is 0 Å². The van der Waals surface area contributed by atoms with Crippen LogP contribution in [-0.2, 0) is 9.53 Å². The van der Waals surface area contributed by atoms with Crippen molar-refractivity contribution in [3.8, 4) is 0 Å². The fourth-order valence-electron chi connectivity index (χ4n) is 2.01. The zero-order valence-corrected chi connectivity index (χ0v) is 9.48. The first-order chi connectivity index (χ1) is 7.11. The molecule has 0 radical (unpaired) electrons. The Labute approximate surface area is 91.1 Å². The van der Waals surface area contributed by atoms with Gasteiger partial charge in [0.25, 0.3) is 0 Å². The van der Waals surface area contributed by atoms with Crippen LogP contribution in [0, 0.1) is 11.8 Å². The maximum Gasteiger partial charge on any atom is 0.309 e. The summed E-state index contributed by atoms with van der Waals surface area (Å²) >= 11 is 0. The van der Waals surface area contributed by atoms with Crippen LogP contribution >= 0.6 is 0 Å². The fourth-order valence-corrected chi connectivity index (χ4v) is 2.01. The monoisotopic (exact) mass is 212 g/mol. The van der Waals surface area contributed by atoms with E-state index in [0.29, 0.717) is 6.42 Å². The summed E-state index contributed by atoms with van der Waals surface area (Å²) in [6.07, 6.45) is 3.44. The van der Waals surface area contributed by atoms with E-state index in [1.165, 1.54) is 0 Å². The number of carbonyl (C=O) groups is 1. The van der Waals surface area contributed by atoms with Gasteiger partial charge in [0.15, 0.2) is 0 Å². The normalized spacial score (nSPS) is 32.5. The molecule has 0 bridgehead atoms. The molecule has 0 aliphatic carbocycles. The summed E-state index contributed by atoms with van der Waals surface area (Å²) in [7, 11) is 0. The second-order valence-corrected chi connectivity index (χ2v) is 4.21. The van der Waals surface area contributed by atoms with Gasteiger partial charge >= 0.3 is 5.97 Å². The van der Waals surface area contributed by atoms with Crippen LogP contribution < -0.4 is 0 Å². The number of aliphatic hydroxyl groups excluding tert-OH is 1. The van der Waals surface area contributed by atoms with Gasteiger partial charge < -0.3 is 9.84 Å². The van der Waals surface area contributed by atoms with Gasteiger partial charge in [0.1, 0.15) is 6.10 Å². The Kier molecular flexibility index (Phi) is 4.33. The molecule has 0 unspecified atom stereocenters. The number of carbonyl (C=O) groups excluding carboxylic acids is 1. The highest BCUT2D eigenvalue weighted by Crippen LogP contribution is 2.32. The van der Waals surface area contributed by atoms with E-state index in [9.17, 15) is 9.90 Å². The molecule has 3 heteroatoms. The van der Waals surface area contributed by atoms with Crippen molar-refractivity contribution >= 4 is 5.97 Å². The summed E-state index contributed by atoms with van der Waals surface area (Å²) < 4.78 is 5.18. The van der Waals surface area contributed by atoms with E-state index in [4.69, 9.17) is 4.74 Å². The zero-order chi connectivity index (χ0) is 11.4. The summed E-state index contributed by atoms with van der Waals surface area (Å²) in [6.45, 7) is 7.59. The molecule has 1 rings (SSSR count). The zero-order valence-electron chi connectivity index (χ0n) is 9.48. The molecule has 0 aromatic rings. The molecule has 1 fully saturated rings. The molecule has 0 saturated carbocycles. The topological polar surface area (TPSA) is 46.5 Å². The van der Waals surface area contributed by atoms with Crippen molar-refractivity contribution in [3.63, 3.8) is 0 Å². The van der Waals surface area contributed by atoms with Crippen LogP contribution in [-0.4, -0.2) is 23.3 Å². The first kappa shape index (κ1) is 12.2. The van der Waals surface area contributed by atoms with Gasteiger partial charge in [-0.15, -0.1) is 6.58 Å². The van der Waals surface area contributed by atoms with Crippen molar-refractivity contribution in [1.29, 1.82) is 0 Å². The molecule has 1 N–H and O–H groups in total. The van der Waals surface area contributed by atoms with Crippen molar-refractivity contribution in [3.05, 3.63) is 12.7 Å². The lowest BCUT2D eigenvalue weighted by molar-refractivity contribution is -0.147. The third-order valence-corrected chi connectivity index (χ3v) is 3.09. The predicted molar refractivity (Wildman–Crippen MR) is 58.3 cm³/mol. The highest BCUT2D eigenvalue weighted by atomic mass is 16.6. The molecule has 15 heavy (non-hydrogen) atoms. The number of esters is 1. The lowest BCUT2D eigenvalue weighted by Gasteiger charge is -2.21. The van der Waals surface area contributed by atoms with Crippen molar-refractivity contribution in [2.75, 3.05) is 0 Å². The summed E-state index contributed by atoms with van der Waals surface area (Å²) in [5, 5.41) is 9.89. The molecular formula is C12H20O3. The average molecular weight is 212 g/mol. The van der Waals surface area contributed by atoms with E-state index in [-0.39, 0.29) is 17.8 Å². The number of ether oxygens (including phenoxy) is 1. The van der Waals surface area contributed by atoms with Crippen LogP contribution in [0.25, 0.3) is 0 Å². The lowest BCUT2D eigenvalue weighted by Crippen LogP contribution is -2.31. The van der Waals surface area contributed by atoms with Crippen molar-refractivity contribution in [2.45, 2.75) is 45.3 Å². The van der Waals surface area contributed by atoms with Crippen LogP contribution in [0.15, 0.2) is 12.7 Å². The van der Waals surface area contributed by atoms with Gasteiger partial charge in [-0.3, -0.25) is 4.79 Å². The van der Waals surface area contributed by atoms with Crippen molar-refractivity contribution < 1.29 is 14.6 Å². The van der Waals surface area contributed by atoms with Crippen molar-refractivity contribution in [1.82, 2.24) is 0 Å². The second kappa shape index (κ2) is 5.31. The van der Waals surface area contributed by atoms with E-state index in [2.05, 4.69) is 13.5 Å². The quantitative estimate of drug-likeness (QED) is 0.559. The summed E-state index contributed by atoms with van der Waals surface area (Å²) in [4.78, 5) is 11.4. The first-order valence-corrected chi connectivity index (χ1v) is 5.63. The Balaban J connectivity index is 2.60. The van der Waals surface area contributed by atoms with Gasteiger partial charge in [0.05, 0.1) is 12.0 Å². The second-order valence-electron chi connectivity index (χ2n) is 4.21. The van der Waals surface area contributed by atoms with Gasteiger partial charge in [-0.25, -0.2) is 0 Å². The van der Waals surface area contributed by atoms with Gasteiger partial charge in [0.2, 0.25) is 0 Å². The van der Waals surface area contributed by atoms with E-state index in [1.54, 1.807) is 6.08 Å². The van der Waals surface area contributed by atoms with Crippen LogP contribution in [0.5, 0.6) is 0 Å². The van der Waals surface area contributed by atoms with Gasteiger partial charge in [-0.1, -0.05) is 32.8 Å². The number of unbranched alkanes of at least 4 members (excludes halogenated alkanes) is 1. The Bertz CT molecular complexity index is 237. The number of rotatable bonds is 5. The Hall–Kier alpha value is -0.830. The number of aliphatic hydroxyl groups is 1. The molecule has 1 aliphatic rings. The standard InChI is InChI=1S/C12H20O3/c1-4-6-7-10(13)11-9(5-2)8(3)12(14)15-11/h5,8-11,13H,2,4,6-7H2,1,3H3/t8-,9-,10+,11+/m1/s1. The van der Waals surface area contributed by atoms with Gasteiger partial charge in [0, 0.05) is 5.92 Å². The minimum absolute atomic E-state index is 0.0515. The summed E-state index contributed by atoms with van der Waals surface area (Å²) in [5.41, 5.74) is 0. The maximum absolute atomic E-state index is 11.4. The minimum atomic E-state index is -0.554. The molecule has 1 heterocycles. The minimum Gasteiger partial charge on any atom is -0.459 e. The molecule has 1 aliphatic heterocycles. The van der Waals surface area contributed by atoms with E-state index in [0.717, 1.165) is 12.8 Å². The smallest absolute Gasteiger partial charge is 0.309 e. The molecular weight excluding hydrogens is 192 g/mol. The Morgan fingerprint density at radius 1 is 1.67 bits per heavy atom. The van der Waals surface area contributed by atoms with E-state index >= 15 is 0 Å². The number of hydrogen-bond donors (Lipinski definition) is 1. The predicted octanol–water partition coefficient (Wildman–Crippen LogP) is 1.90. The molecule has 0 amide bonds. The van der Waals surface area contributed by atoms with Gasteiger partial charge in [-0.05, 0) is 6.42 Å². The third-order valence-electron chi connectivity index (χ3n) is 3.09. The SMILES string of the molecule is C=C[C@H]1[C@@H]([C@@H](O)CCCC)OC(=O)[C@@H]1C. The summed E-state index contributed by atoms with van der Waals surface area (Å²) in [6, 6.07) is 0. The average Bonchev–Trinajstić information content (AvgIpc) is 2.52. The largest absolute Gasteiger partial charge is 0.459 e. The third kappa shape index (κ3) is 2.59. The van der Waals surface area contributed by atoms with E-state index in [1.807, 2.05) is 6.92 Å². The highest BCUT2D eigenvalue weighted by molar-refractivity contribution is 5.75. The van der Waals surface area contributed by atoms with Crippen LogP contribution in [0.4, 0.5) is 0 Å². The molecule has 0 spiro atoms. The van der Waals surface area contributed by atoms with Crippen LogP contribution in [0.2, 0.25) is 0 Å². The van der Waals surface area contributed by atoms with Crippen LogP contribution in [0.1, 0.15) is 33.1 Å². The Morgan fingerprint density at radius 3 is 2.87 bits per heavy atom. The molecule has 0 aromatic carbocycles. The van der Waals surface area contributed by atoms with Crippen molar-refractivity contribution in [2.24, 2.45) is 11.8 Å².